The monoisotopic (exact) mass is 423 g/mol. The lowest BCUT2D eigenvalue weighted by atomic mass is 9.72. The molecule has 0 unspecified atom stereocenters. The van der Waals surface area contributed by atoms with Crippen LogP contribution in [0.15, 0.2) is 47.4 Å². The van der Waals surface area contributed by atoms with Crippen LogP contribution in [0.25, 0.3) is 0 Å². The molecule has 0 radical (unpaired) electrons. The molecule has 4 rings (SSSR count). The predicted molar refractivity (Wildman–Crippen MR) is 117 cm³/mol. The molecule has 7 heteroatoms. The van der Waals surface area contributed by atoms with Gasteiger partial charge in [0.05, 0.1) is 7.11 Å². The van der Waals surface area contributed by atoms with Gasteiger partial charge in [-0.1, -0.05) is 12.1 Å². The number of pyridine rings is 1. The topological polar surface area (TPSA) is 71.8 Å². The maximum atomic E-state index is 12.9. The van der Waals surface area contributed by atoms with Crippen molar-refractivity contribution in [3.8, 4) is 5.75 Å². The quantitative estimate of drug-likeness (QED) is 0.757. The van der Waals surface area contributed by atoms with Crippen LogP contribution >= 0.6 is 0 Å². The fourth-order valence-corrected chi connectivity index (χ4v) is 4.72. The van der Waals surface area contributed by atoms with E-state index in [2.05, 4.69) is 0 Å². The molecule has 7 nitrogen and oxygen atoms in total. The maximum absolute atomic E-state index is 12.9. The summed E-state index contributed by atoms with van der Waals surface area (Å²) >= 11 is 0. The third kappa shape index (κ3) is 4.36. The van der Waals surface area contributed by atoms with Crippen molar-refractivity contribution in [2.24, 2.45) is 12.5 Å². The molecule has 164 valence electrons. The van der Waals surface area contributed by atoms with Crippen molar-refractivity contribution in [3.63, 3.8) is 0 Å². The highest BCUT2D eigenvalue weighted by molar-refractivity contribution is 5.93. The average molecular weight is 424 g/mol. The Bertz CT molecular complexity index is 1020. The third-order valence-electron chi connectivity index (χ3n) is 6.75. The number of aromatic nitrogens is 1. The van der Waals surface area contributed by atoms with Gasteiger partial charge in [0.25, 0.3) is 11.5 Å². The van der Waals surface area contributed by atoms with Crippen LogP contribution in [0.4, 0.5) is 0 Å². The fourth-order valence-electron chi connectivity index (χ4n) is 4.72. The Morgan fingerprint density at radius 1 is 1.06 bits per heavy atom. The first-order chi connectivity index (χ1) is 14.9. The number of aryl methyl sites for hydroxylation is 1. The Morgan fingerprint density at radius 2 is 1.77 bits per heavy atom. The Balaban J connectivity index is 1.41. The summed E-state index contributed by atoms with van der Waals surface area (Å²) in [6, 6.07) is 11.1. The van der Waals surface area contributed by atoms with E-state index in [1.165, 1.54) is 4.57 Å². The molecule has 0 N–H and O–H groups in total. The molecule has 3 heterocycles. The van der Waals surface area contributed by atoms with E-state index in [0.717, 1.165) is 30.6 Å². The number of carbonyl (C=O) groups excluding carboxylic acids is 2. The van der Waals surface area contributed by atoms with Gasteiger partial charge in [0.2, 0.25) is 5.91 Å². The SMILES string of the molecule is COc1ccc(CN2CC3(CCC2=O)CCN(C(=O)c2cccn(C)c2=O)CC3)cc1. The Kier molecular flexibility index (Phi) is 5.85. The van der Waals surface area contributed by atoms with Crippen LogP contribution in [0.3, 0.4) is 0 Å². The van der Waals surface area contributed by atoms with Crippen molar-refractivity contribution in [3.05, 3.63) is 64.1 Å². The van der Waals surface area contributed by atoms with Gasteiger partial charge in [0, 0.05) is 45.8 Å². The van der Waals surface area contributed by atoms with Gasteiger partial charge in [-0.25, -0.2) is 0 Å². The number of hydrogen-bond acceptors (Lipinski definition) is 4. The molecule has 1 aromatic heterocycles. The van der Waals surface area contributed by atoms with E-state index in [1.54, 1.807) is 37.4 Å². The Morgan fingerprint density at radius 3 is 2.45 bits per heavy atom. The molecule has 1 spiro atoms. The van der Waals surface area contributed by atoms with Crippen LogP contribution in [0.2, 0.25) is 0 Å². The first kappa shape index (κ1) is 21.2. The molecule has 0 bridgehead atoms. The summed E-state index contributed by atoms with van der Waals surface area (Å²) in [4.78, 5) is 41.5. The molecule has 0 aliphatic carbocycles. The van der Waals surface area contributed by atoms with Gasteiger partial charge < -0.3 is 19.1 Å². The molecule has 2 aromatic rings. The summed E-state index contributed by atoms with van der Waals surface area (Å²) in [5, 5.41) is 0. The molecule has 1 aromatic carbocycles. The maximum Gasteiger partial charge on any atom is 0.263 e. The van der Waals surface area contributed by atoms with Crippen LogP contribution in [-0.2, 0) is 18.4 Å². The first-order valence-corrected chi connectivity index (χ1v) is 10.8. The van der Waals surface area contributed by atoms with E-state index in [0.29, 0.717) is 32.6 Å². The zero-order valence-electron chi connectivity index (χ0n) is 18.2. The van der Waals surface area contributed by atoms with Crippen molar-refractivity contribution >= 4 is 11.8 Å². The number of benzene rings is 1. The number of methoxy groups -OCH3 is 1. The molecule has 31 heavy (non-hydrogen) atoms. The predicted octanol–water partition coefficient (Wildman–Crippen LogP) is 2.44. The van der Waals surface area contributed by atoms with Gasteiger partial charge in [-0.05, 0) is 54.5 Å². The zero-order chi connectivity index (χ0) is 22.0. The second-order valence-electron chi connectivity index (χ2n) is 8.73. The van der Waals surface area contributed by atoms with Gasteiger partial charge in [-0.15, -0.1) is 0 Å². The molecule has 2 aliphatic heterocycles. The number of piperidine rings is 2. The molecule has 0 atom stereocenters. The summed E-state index contributed by atoms with van der Waals surface area (Å²) in [5.74, 6) is 0.793. The van der Waals surface area contributed by atoms with Crippen LogP contribution in [-0.4, -0.2) is 52.9 Å². The third-order valence-corrected chi connectivity index (χ3v) is 6.75. The molecular formula is C24H29N3O4. The Labute approximate surface area is 182 Å². The van der Waals surface area contributed by atoms with Crippen molar-refractivity contribution in [1.29, 1.82) is 0 Å². The number of nitrogens with zero attached hydrogens (tertiary/aromatic N) is 3. The number of likely N-dealkylation sites (tertiary alicyclic amines) is 2. The highest BCUT2D eigenvalue weighted by Gasteiger charge is 2.42. The summed E-state index contributed by atoms with van der Waals surface area (Å²) < 4.78 is 6.64. The lowest BCUT2D eigenvalue weighted by Gasteiger charge is -2.47. The van der Waals surface area contributed by atoms with Crippen molar-refractivity contribution in [2.45, 2.75) is 32.2 Å². The van der Waals surface area contributed by atoms with Gasteiger partial charge >= 0.3 is 0 Å². The zero-order valence-corrected chi connectivity index (χ0v) is 18.2. The summed E-state index contributed by atoms with van der Waals surface area (Å²) in [6.07, 6.45) is 4.75. The van der Waals surface area contributed by atoms with Gasteiger partial charge in [0.1, 0.15) is 11.3 Å². The highest BCUT2D eigenvalue weighted by Crippen LogP contribution is 2.40. The van der Waals surface area contributed by atoms with Gasteiger partial charge in [0.15, 0.2) is 0 Å². The summed E-state index contributed by atoms with van der Waals surface area (Å²) in [5.41, 5.74) is 1.08. The van der Waals surface area contributed by atoms with E-state index in [4.69, 9.17) is 4.74 Å². The molecule has 0 saturated carbocycles. The second kappa shape index (κ2) is 8.57. The van der Waals surface area contributed by atoms with Crippen LogP contribution in [0, 0.1) is 5.41 Å². The van der Waals surface area contributed by atoms with Crippen molar-refractivity contribution in [1.82, 2.24) is 14.4 Å². The minimum absolute atomic E-state index is 0.0405. The smallest absolute Gasteiger partial charge is 0.263 e. The molecule has 2 fully saturated rings. The number of amides is 2. The molecule has 2 aliphatic rings. The van der Waals surface area contributed by atoms with Crippen LogP contribution < -0.4 is 10.3 Å². The number of hydrogen-bond donors (Lipinski definition) is 0. The largest absolute Gasteiger partial charge is 0.497 e. The summed E-state index contributed by atoms with van der Waals surface area (Å²) in [7, 11) is 3.29. The normalized spacial score (nSPS) is 18.3. The highest BCUT2D eigenvalue weighted by atomic mass is 16.5. The number of rotatable bonds is 4. The van der Waals surface area contributed by atoms with Crippen LogP contribution in [0.1, 0.15) is 41.6 Å². The molecule has 2 saturated heterocycles. The standard InChI is InChI=1S/C24H29N3O4/c1-25-13-3-4-20(22(25)29)23(30)26-14-11-24(12-15-26)10-9-21(28)27(17-24)16-18-5-7-19(31-2)8-6-18/h3-8,13H,9-12,14-17H2,1-2H3. The second-order valence-corrected chi connectivity index (χ2v) is 8.73. The van der Waals surface area contributed by atoms with Gasteiger partial charge in [-0.3, -0.25) is 14.4 Å². The van der Waals surface area contributed by atoms with Crippen molar-refractivity contribution in [2.75, 3.05) is 26.7 Å². The van der Waals surface area contributed by atoms with Crippen molar-refractivity contribution < 1.29 is 14.3 Å². The van der Waals surface area contributed by atoms with Crippen LogP contribution in [0.5, 0.6) is 5.75 Å². The summed E-state index contributed by atoms with van der Waals surface area (Å²) in [6.45, 7) is 2.53. The fraction of sp³-hybridized carbons (Fsp3) is 0.458. The van der Waals surface area contributed by atoms with E-state index >= 15 is 0 Å². The van der Waals surface area contributed by atoms with Gasteiger partial charge in [-0.2, -0.15) is 0 Å². The van der Waals surface area contributed by atoms with E-state index < -0.39 is 0 Å². The first-order valence-electron chi connectivity index (χ1n) is 10.8. The van der Waals surface area contributed by atoms with E-state index in [-0.39, 0.29) is 28.4 Å². The lowest BCUT2D eigenvalue weighted by molar-refractivity contribution is -0.139. The number of ether oxygens (including phenoxy) is 1. The minimum Gasteiger partial charge on any atom is -0.497 e. The minimum atomic E-state index is -0.262. The lowest BCUT2D eigenvalue weighted by Crippen LogP contribution is -2.52. The molecular weight excluding hydrogens is 394 g/mol. The Hall–Kier alpha value is -3.09. The molecule has 2 amide bonds. The van der Waals surface area contributed by atoms with E-state index in [1.807, 2.05) is 29.2 Å². The average Bonchev–Trinajstić information content (AvgIpc) is 2.79. The van der Waals surface area contributed by atoms with E-state index in [9.17, 15) is 14.4 Å². The number of carbonyl (C=O) groups is 2.